The summed E-state index contributed by atoms with van der Waals surface area (Å²) in [4.78, 5) is 24.8. The van der Waals surface area contributed by atoms with Crippen LogP contribution in [0.25, 0.3) is 0 Å². The Morgan fingerprint density at radius 1 is 1.67 bits per heavy atom. The molecule has 0 aliphatic carbocycles. The highest BCUT2D eigenvalue weighted by atomic mass is 16.6. The van der Waals surface area contributed by atoms with Crippen molar-refractivity contribution in [2.75, 3.05) is 6.54 Å². The number of amides is 1. The minimum atomic E-state index is -0.955. The Morgan fingerprint density at radius 3 is 2.83 bits per heavy atom. The topological polar surface area (TPSA) is 110 Å². The van der Waals surface area contributed by atoms with Crippen molar-refractivity contribution in [3.05, 3.63) is 22.6 Å². The third-order valence-corrected chi connectivity index (χ3v) is 2.12. The first-order valence-electron chi connectivity index (χ1n) is 5.43. The van der Waals surface area contributed by atoms with Crippen LogP contribution in [0.5, 0.6) is 0 Å². The molecule has 1 amide bonds. The van der Waals surface area contributed by atoms with E-state index < -0.39 is 10.5 Å². The molecule has 100 valence electrons. The summed E-state index contributed by atoms with van der Waals surface area (Å²) in [6, 6.07) is 0. The van der Waals surface area contributed by atoms with E-state index in [-0.39, 0.29) is 24.7 Å². The number of aromatic nitrogens is 2. The van der Waals surface area contributed by atoms with Crippen molar-refractivity contribution < 1.29 is 14.8 Å². The van der Waals surface area contributed by atoms with Gasteiger partial charge in [0.2, 0.25) is 12.2 Å². The highest BCUT2D eigenvalue weighted by Crippen LogP contribution is 2.06. The molecule has 0 saturated carbocycles. The van der Waals surface area contributed by atoms with Gasteiger partial charge in [0.1, 0.15) is 6.20 Å². The number of nitrogens with one attached hydrogen (secondary N) is 1. The molecule has 2 N–H and O–H groups in total. The fraction of sp³-hybridized carbons (Fsp3) is 0.600. The molecule has 1 rings (SSSR count). The van der Waals surface area contributed by atoms with Gasteiger partial charge in [-0.2, -0.15) is 0 Å². The van der Waals surface area contributed by atoms with Crippen LogP contribution in [0.2, 0.25) is 0 Å². The number of aryl methyl sites for hydroxylation is 1. The van der Waals surface area contributed by atoms with E-state index in [0.717, 1.165) is 0 Å². The van der Waals surface area contributed by atoms with Gasteiger partial charge in [-0.15, -0.1) is 0 Å². The van der Waals surface area contributed by atoms with Gasteiger partial charge < -0.3 is 25.1 Å². The van der Waals surface area contributed by atoms with E-state index >= 15 is 0 Å². The Morgan fingerprint density at radius 2 is 2.33 bits per heavy atom. The van der Waals surface area contributed by atoms with E-state index in [9.17, 15) is 20.0 Å². The highest BCUT2D eigenvalue weighted by molar-refractivity contribution is 5.75. The average molecular weight is 256 g/mol. The van der Waals surface area contributed by atoms with Crippen molar-refractivity contribution in [1.82, 2.24) is 14.9 Å². The average Bonchev–Trinajstić information content (AvgIpc) is 2.71. The Hall–Kier alpha value is -1.96. The molecule has 0 fully saturated rings. The zero-order valence-electron chi connectivity index (χ0n) is 10.3. The smallest absolute Gasteiger partial charge is 0.381 e. The van der Waals surface area contributed by atoms with Crippen molar-refractivity contribution in [1.29, 1.82) is 0 Å². The largest absolute Gasteiger partial charge is 0.389 e. The van der Waals surface area contributed by atoms with Crippen molar-refractivity contribution in [3.63, 3.8) is 0 Å². The van der Waals surface area contributed by atoms with E-state index in [1.54, 1.807) is 13.8 Å². The van der Waals surface area contributed by atoms with Gasteiger partial charge in [0.25, 0.3) is 0 Å². The first-order chi connectivity index (χ1) is 8.28. The molecule has 0 saturated heterocycles. The Kier molecular flexibility index (Phi) is 4.38. The molecule has 1 heterocycles. The monoisotopic (exact) mass is 256 g/mol. The van der Waals surface area contributed by atoms with Crippen LogP contribution in [0.1, 0.15) is 20.3 Å². The Bertz CT molecular complexity index is 435. The molecule has 0 aliphatic heterocycles. The normalized spacial score (nSPS) is 11.3. The molecule has 0 unspecified atom stereocenters. The molecule has 1 aromatic heterocycles. The molecule has 0 atom stereocenters. The SMILES string of the molecule is CC(C)(O)CNC(=O)CCn1cnc([N+](=O)[O-])c1. The van der Waals surface area contributed by atoms with Crippen LogP contribution < -0.4 is 5.32 Å². The highest BCUT2D eigenvalue weighted by Gasteiger charge is 2.14. The van der Waals surface area contributed by atoms with Gasteiger partial charge in [-0.3, -0.25) is 4.79 Å². The molecule has 8 nitrogen and oxygen atoms in total. The maximum Gasteiger partial charge on any atom is 0.381 e. The van der Waals surface area contributed by atoms with Gasteiger partial charge in [0, 0.05) is 19.5 Å². The summed E-state index contributed by atoms with van der Waals surface area (Å²) in [5.74, 6) is -0.472. The van der Waals surface area contributed by atoms with Gasteiger partial charge in [-0.25, -0.2) is 0 Å². The lowest BCUT2D eigenvalue weighted by molar-refractivity contribution is -0.389. The Balaban J connectivity index is 2.36. The first kappa shape index (κ1) is 14.1. The van der Waals surface area contributed by atoms with Gasteiger partial charge in [-0.05, 0) is 23.8 Å². The van der Waals surface area contributed by atoms with Gasteiger partial charge in [0.15, 0.2) is 0 Å². The Labute approximate surface area is 104 Å². The van der Waals surface area contributed by atoms with E-state index in [1.165, 1.54) is 17.1 Å². The third-order valence-electron chi connectivity index (χ3n) is 2.12. The maximum absolute atomic E-state index is 11.4. The predicted molar refractivity (Wildman–Crippen MR) is 62.8 cm³/mol. The summed E-state index contributed by atoms with van der Waals surface area (Å²) in [6.07, 6.45) is 2.74. The quantitative estimate of drug-likeness (QED) is 0.552. The van der Waals surface area contributed by atoms with E-state index in [0.29, 0.717) is 6.54 Å². The van der Waals surface area contributed by atoms with Gasteiger partial charge in [0.05, 0.1) is 5.60 Å². The standard InChI is InChI=1S/C10H16N4O4/c1-10(2,16)6-11-9(15)3-4-13-5-8(12-7-13)14(17)18/h5,7,16H,3-4,6H2,1-2H3,(H,11,15). The molecule has 0 bridgehead atoms. The summed E-state index contributed by atoms with van der Waals surface area (Å²) >= 11 is 0. The molecular weight excluding hydrogens is 240 g/mol. The molecular formula is C10H16N4O4. The zero-order valence-corrected chi connectivity index (χ0v) is 10.3. The maximum atomic E-state index is 11.4. The van der Waals surface area contributed by atoms with Crippen molar-refractivity contribution in [3.8, 4) is 0 Å². The number of rotatable bonds is 6. The summed E-state index contributed by atoms with van der Waals surface area (Å²) in [7, 11) is 0. The molecule has 8 heteroatoms. The van der Waals surface area contributed by atoms with Crippen LogP contribution in [0, 0.1) is 10.1 Å². The molecule has 0 aromatic carbocycles. The molecule has 0 aliphatic rings. The number of aliphatic hydroxyl groups is 1. The van der Waals surface area contributed by atoms with Gasteiger partial charge >= 0.3 is 5.82 Å². The summed E-state index contributed by atoms with van der Waals surface area (Å²) < 4.78 is 1.47. The first-order valence-corrected chi connectivity index (χ1v) is 5.43. The molecule has 0 radical (unpaired) electrons. The second-order valence-electron chi connectivity index (χ2n) is 4.57. The summed E-state index contributed by atoms with van der Waals surface area (Å²) in [5.41, 5.74) is -0.955. The van der Waals surface area contributed by atoms with E-state index in [1.807, 2.05) is 0 Å². The van der Waals surface area contributed by atoms with Gasteiger partial charge in [-0.1, -0.05) is 0 Å². The zero-order chi connectivity index (χ0) is 13.8. The van der Waals surface area contributed by atoms with Crippen molar-refractivity contribution in [2.45, 2.75) is 32.4 Å². The number of carbonyl (C=O) groups excluding carboxylic acids is 1. The molecule has 1 aromatic rings. The summed E-state index contributed by atoms with van der Waals surface area (Å²) in [5, 5.41) is 22.4. The second kappa shape index (κ2) is 5.58. The lowest BCUT2D eigenvalue weighted by Gasteiger charge is -2.17. The number of hydrogen-bond acceptors (Lipinski definition) is 5. The van der Waals surface area contributed by atoms with Crippen LogP contribution >= 0.6 is 0 Å². The molecule has 0 spiro atoms. The lowest BCUT2D eigenvalue weighted by Crippen LogP contribution is -2.38. The third kappa shape index (κ3) is 4.91. The number of hydrogen-bond donors (Lipinski definition) is 2. The van der Waals surface area contributed by atoms with Crippen molar-refractivity contribution in [2.24, 2.45) is 0 Å². The van der Waals surface area contributed by atoms with Crippen LogP contribution in [-0.2, 0) is 11.3 Å². The molecule has 18 heavy (non-hydrogen) atoms. The minimum Gasteiger partial charge on any atom is -0.389 e. The number of carbonyl (C=O) groups is 1. The van der Waals surface area contributed by atoms with Crippen molar-refractivity contribution >= 4 is 11.7 Å². The predicted octanol–water partition coefficient (Wildman–Crippen LogP) is 0.0685. The number of nitrogens with zero attached hydrogens (tertiary/aromatic N) is 3. The van der Waals surface area contributed by atoms with Crippen LogP contribution in [0.4, 0.5) is 5.82 Å². The van der Waals surface area contributed by atoms with Crippen LogP contribution in [0.3, 0.4) is 0 Å². The minimum absolute atomic E-state index is 0.163. The fourth-order valence-corrected chi connectivity index (χ4v) is 1.20. The lowest BCUT2D eigenvalue weighted by atomic mass is 10.1. The summed E-state index contributed by atoms with van der Waals surface area (Å²) in [6.45, 7) is 3.65. The second-order valence-corrected chi connectivity index (χ2v) is 4.57. The fourth-order valence-electron chi connectivity index (χ4n) is 1.20. The van der Waals surface area contributed by atoms with E-state index in [4.69, 9.17) is 0 Å². The van der Waals surface area contributed by atoms with E-state index in [2.05, 4.69) is 10.3 Å². The van der Waals surface area contributed by atoms with Crippen LogP contribution in [0.15, 0.2) is 12.5 Å². The number of imidazole rings is 1. The number of nitro groups is 1. The van der Waals surface area contributed by atoms with Crippen LogP contribution in [-0.4, -0.2) is 37.6 Å².